The first-order valence-corrected chi connectivity index (χ1v) is 17.4. The highest BCUT2D eigenvalue weighted by molar-refractivity contribution is 4.55. The number of hydrogen-bond donors (Lipinski definition) is 0. The molecule has 0 aromatic carbocycles. The van der Waals surface area contributed by atoms with Crippen LogP contribution in [0.3, 0.4) is 0 Å². The number of ether oxygens (including phenoxy) is 2. The highest BCUT2D eigenvalue weighted by atomic mass is 17.0. The number of rotatable bonds is 24. The summed E-state index contributed by atoms with van der Waals surface area (Å²) in [5.41, 5.74) is 0. The second kappa shape index (κ2) is 37.5. The van der Waals surface area contributed by atoms with Crippen molar-refractivity contribution in [1.29, 1.82) is 0 Å². The summed E-state index contributed by atoms with van der Waals surface area (Å²) in [4.78, 5) is 29.0. The zero-order chi connectivity index (χ0) is 34.8. The van der Waals surface area contributed by atoms with Crippen molar-refractivity contribution in [1.82, 2.24) is 0 Å². The average Bonchev–Trinajstić information content (AvgIpc) is 2.92. The molecule has 0 aliphatic heterocycles. The van der Waals surface area contributed by atoms with Crippen molar-refractivity contribution >= 4 is 0 Å². The van der Waals surface area contributed by atoms with Crippen LogP contribution in [0, 0.1) is 43.9 Å². The average molecular weight is 639 g/mol. The molecule has 0 heterocycles. The van der Waals surface area contributed by atoms with E-state index in [0.29, 0.717) is 43.8 Å². The molecular weight excluding hydrogens is 564 g/mol. The largest absolute Gasteiger partial charge is 0.381 e. The van der Waals surface area contributed by atoms with Crippen LogP contribution in [0.2, 0.25) is 0 Å². The van der Waals surface area contributed by atoms with Crippen molar-refractivity contribution in [2.24, 2.45) is 23.7 Å². The summed E-state index contributed by atoms with van der Waals surface area (Å²) in [6.07, 6.45) is 12.7. The standard InChI is InChI=1S/C9H19NO4.C9H19NO3.C9H20.C7H16O/c1-4-9(14-10(11)12)7-13-6-5-8(2)3;1-4-9(13-10(11)12)7-5-6-8(2)3;1-4-5-6-7-8-9(2)3;1-4-5-8-6-7(2)3/h8-9H,4-7H2,1-3H3;8-9H,4-7H2,1-3H3;9H,4-8H2,1-3H3;7H,4-6H2,1-3H3. The van der Waals surface area contributed by atoms with Gasteiger partial charge in [0.2, 0.25) is 0 Å². The van der Waals surface area contributed by atoms with Crippen molar-refractivity contribution in [2.45, 2.75) is 172 Å². The fraction of sp³-hybridized carbons (Fsp3) is 1.00. The zero-order valence-corrected chi connectivity index (χ0v) is 30.9. The van der Waals surface area contributed by atoms with E-state index in [-0.39, 0.29) is 6.10 Å². The molecule has 0 saturated heterocycles. The van der Waals surface area contributed by atoms with Gasteiger partial charge < -0.3 is 19.1 Å². The van der Waals surface area contributed by atoms with Crippen molar-refractivity contribution in [2.75, 3.05) is 26.4 Å². The van der Waals surface area contributed by atoms with Crippen LogP contribution < -0.4 is 0 Å². The van der Waals surface area contributed by atoms with E-state index in [9.17, 15) is 20.2 Å². The molecule has 268 valence electrons. The highest BCUT2D eigenvalue weighted by Crippen LogP contribution is 2.12. The summed E-state index contributed by atoms with van der Waals surface area (Å²) in [7, 11) is 0. The van der Waals surface area contributed by atoms with Crippen LogP contribution in [0.15, 0.2) is 0 Å². The van der Waals surface area contributed by atoms with Crippen molar-refractivity contribution in [3.8, 4) is 0 Å². The van der Waals surface area contributed by atoms with Crippen LogP contribution in [0.1, 0.15) is 160 Å². The zero-order valence-electron chi connectivity index (χ0n) is 30.9. The lowest BCUT2D eigenvalue weighted by molar-refractivity contribution is -0.769. The molecule has 2 unspecified atom stereocenters. The van der Waals surface area contributed by atoms with Gasteiger partial charge in [-0.05, 0) is 55.8 Å². The fourth-order valence-corrected chi connectivity index (χ4v) is 3.53. The Morgan fingerprint density at radius 2 is 0.977 bits per heavy atom. The maximum Gasteiger partial charge on any atom is 0.294 e. The van der Waals surface area contributed by atoms with Gasteiger partial charge in [-0.25, -0.2) is 0 Å². The molecule has 0 amide bonds. The van der Waals surface area contributed by atoms with Crippen molar-refractivity contribution in [3.63, 3.8) is 0 Å². The molecule has 0 spiro atoms. The summed E-state index contributed by atoms with van der Waals surface area (Å²) < 4.78 is 10.5. The minimum atomic E-state index is -0.764. The predicted octanol–water partition coefficient (Wildman–Crippen LogP) is 10.5. The Morgan fingerprint density at radius 1 is 0.500 bits per heavy atom. The number of unbranched alkanes of at least 4 members (excludes halogenated alkanes) is 3. The monoisotopic (exact) mass is 639 g/mol. The number of hydrogen-bond acceptors (Lipinski definition) is 8. The van der Waals surface area contributed by atoms with E-state index in [4.69, 9.17) is 9.47 Å². The third-order valence-corrected chi connectivity index (χ3v) is 6.27. The van der Waals surface area contributed by atoms with Crippen LogP contribution >= 0.6 is 0 Å². The van der Waals surface area contributed by atoms with E-state index >= 15 is 0 Å². The van der Waals surface area contributed by atoms with E-state index in [1.807, 2.05) is 13.8 Å². The van der Waals surface area contributed by atoms with Crippen LogP contribution in [0.25, 0.3) is 0 Å². The first-order chi connectivity index (χ1) is 20.7. The van der Waals surface area contributed by atoms with Gasteiger partial charge in [-0.2, -0.15) is 0 Å². The molecule has 0 radical (unpaired) electrons. The lowest BCUT2D eigenvalue weighted by Gasteiger charge is -2.13. The molecule has 44 heavy (non-hydrogen) atoms. The summed E-state index contributed by atoms with van der Waals surface area (Å²) >= 11 is 0. The Kier molecular flexibility index (Phi) is 41.9. The molecule has 0 aromatic heterocycles. The Hall–Kier alpha value is -1.68. The second-order valence-corrected chi connectivity index (χ2v) is 13.0. The molecule has 0 saturated carbocycles. The Labute approximate surface area is 271 Å². The topological polar surface area (TPSA) is 123 Å². The molecule has 0 aromatic rings. The third-order valence-electron chi connectivity index (χ3n) is 6.27. The molecule has 0 rings (SSSR count). The second-order valence-electron chi connectivity index (χ2n) is 13.0. The van der Waals surface area contributed by atoms with Gasteiger partial charge in [0.15, 0.2) is 0 Å². The maximum atomic E-state index is 10.0. The van der Waals surface area contributed by atoms with Crippen LogP contribution in [-0.2, 0) is 19.1 Å². The van der Waals surface area contributed by atoms with Gasteiger partial charge in [0.1, 0.15) is 12.2 Å². The van der Waals surface area contributed by atoms with E-state index in [0.717, 1.165) is 51.2 Å². The first kappa shape index (κ1) is 49.2. The Morgan fingerprint density at radius 3 is 1.39 bits per heavy atom. The highest BCUT2D eigenvalue weighted by Gasteiger charge is 2.11. The minimum Gasteiger partial charge on any atom is -0.381 e. The van der Waals surface area contributed by atoms with Gasteiger partial charge in [0.25, 0.3) is 10.2 Å². The molecule has 2 atom stereocenters. The van der Waals surface area contributed by atoms with Gasteiger partial charge in [-0.3, -0.25) is 0 Å². The molecular formula is C34H74N2O8. The van der Waals surface area contributed by atoms with Gasteiger partial charge in [0, 0.05) is 19.8 Å². The normalized spacial score (nSPS) is 12.0. The summed E-state index contributed by atoms with van der Waals surface area (Å²) in [5, 5.41) is 18.6. The van der Waals surface area contributed by atoms with Crippen LogP contribution in [0.5, 0.6) is 0 Å². The van der Waals surface area contributed by atoms with Gasteiger partial charge in [-0.1, -0.05) is 128 Å². The van der Waals surface area contributed by atoms with Gasteiger partial charge in [-0.15, -0.1) is 20.2 Å². The maximum absolute atomic E-state index is 10.0. The molecule has 10 heteroatoms. The molecule has 0 bridgehead atoms. The quantitative estimate of drug-likeness (QED) is 0.0581. The fourth-order valence-electron chi connectivity index (χ4n) is 3.53. The summed E-state index contributed by atoms with van der Waals surface area (Å²) in [6.45, 7) is 28.3. The van der Waals surface area contributed by atoms with Gasteiger partial charge in [0.05, 0.1) is 6.61 Å². The Balaban J connectivity index is -0.000000249. The third kappa shape index (κ3) is 52.9. The van der Waals surface area contributed by atoms with E-state index in [1.54, 1.807) is 0 Å². The minimum absolute atomic E-state index is 0.214. The molecule has 0 N–H and O–H groups in total. The summed E-state index contributed by atoms with van der Waals surface area (Å²) in [6, 6.07) is 0. The summed E-state index contributed by atoms with van der Waals surface area (Å²) in [5.74, 6) is 2.84. The SMILES string of the molecule is CCC(CCCC(C)C)O[N+](=O)[O-].CCC(COCCC(C)C)O[N+](=O)[O-].CCCCCCC(C)C.CCCOCC(C)C. The van der Waals surface area contributed by atoms with Crippen molar-refractivity contribution < 1.29 is 29.3 Å². The lowest BCUT2D eigenvalue weighted by atomic mass is 10.0. The smallest absolute Gasteiger partial charge is 0.294 e. The van der Waals surface area contributed by atoms with Crippen LogP contribution in [-0.4, -0.2) is 48.8 Å². The van der Waals surface area contributed by atoms with Crippen molar-refractivity contribution in [3.05, 3.63) is 20.2 Å². The first-order valence-electron chi connectivity index (χ1n) is 17.4. The molecule has 0 aliphatic rings. The molecule has 0 aliphatic carbocycles. The Bertz CT molecular complexity index is 590. The van der Waals surface area contributed by atoms with Gasteiger partial charge >= 0.3 is 0 Å². The predicted molar refractivity (Wildman–Crippen MR) is 183 cm³/mol. The van der Waals surface area contributed by atoms with E-state index in [2.05, 4.69) is 78.9 Å². The molecule has 0 fully saturated rings. The van der Waals surface area contributed by atoms with E-state index in [1.165, 1.54) is 32.1 Å². The lowest BCUT2D eigenvalue weighted by Crippen LogP contribution is -2.22. The number of nitrogens with zero attached hydrogens (tertiary/aromatic N) is 2. The van der Waals surface area contributed by atoms with Crippen LogP contribution in [0.4, 0.5) is 0 Å². The van der Waals surface area contributed by atoms with E-state index < -0.39 is 16.3 Å². The molecule has 10 nitrogen and oxygen atoms in total.